The van der Waals surface area contributed by atoms with Crippen LogP contribution in [0.4, 0.5) is 0 Å². The van der Waals surface area contributed by atoms with E-state index in [0.29, 0.717) is 12.5 Å². The standard InChI is InChI=1S/C21H39NO2/c23-15-19-6-2-3-7-20(19)18-10-8-17(9-11-18)14-22-16-21(24)12-4-1-5-13-21/h17-20,22-24H,1-16H2. The Kier molecular flexibility index (Phi) is 7.00. The Morgan fingerprint density at radius 1 is 0.833 bits per heavy atom. The fraction of sp³-hybridized carbons (Fsp3) is 1.00. The lowest BCUT2D eigenvalue weighted by molar-refractivity contribution is 0.00350. The molecule has 0 radical (unpaired) electrons. The summed E-state index contributed by atoms with van der Waals surface area (Å²) in [6.07, 6.45) is 16.3. The molecule has 3 nitrogen and oxygen atoms in total. The van der Waals surface area contributed by atoms with Gasteiger partial charge in [-0.15, -0.1) is 0 Å². The van der Waals surface area contributed by atoms with Crippen LogP contribution in [0, 0.1) is 23.7 Å². The maximum atomic E-state index is 10.6. The van der Waals surface area contributed by atoms with Gasteiger partial charge in [-0.25, -0.2) is 0 Å². The first-order valence-corrected chi connectivity index (χ1v) is 10.7. The molecule has 2 atom stereocenters. The van der Waals surface area contributed by atoms with E-state index in [1.807, 2.05) is 0 Å². The molecule has 0 saturated heterocycles. The summed E-state index contributed by atoms with van der Waals surface area (Å²) in [4.78, 5) is 0. The molecule has 0 aromatic carbocycles. The van der Waals surface area contributed by atoms with Gasteiger partial charge in [0, 0.05) is 13.2 Å². The van der Waals surface area contributed by atoms with Crippen LogP contribution in [-0.2, 0) is 0 Å². The molecule has 0 amide bonds. The molecule has 3 heteroatoms. The molecule has 0 aromatic rings. The zero-order chi connectivity index (χ0) is 16.8. The third-order valence-electron chi connectivity index (χ3n) is 7.37. The van der Waals surface area contributed by atoms with Gasteiger partial charge in [-0.3, -0.25) is 0 Å². The minimum Gasteiger partial charge on any atom is -0.396 e. The summed E-state index contributed by atoms with van der Waals surface area (Å²) in [5, 5.41) is 23.8. The Hall–Kier alpha value is -0.120. The fourth-order valence-electron chi connectivity index (χ4n) is 5.80. The van der Waals surface area contributed by atoms with Crippen LogP contribution in [0.15, 0.2) is 0 Å². The van der Waals surface area contributed by atoms with Crippen LogP contribution in [0.3, 0.4) is 0 Å². The highest BCUT2D eigenvalue weighted by Gasteiger charge is 2.34. The monoisotopic (exact) mass is 337 g/mol. The molecular weight excluding hydrogens is 298 g/mol. The first-order chi connectivity index (χ1) is 11.7. The van der Waals surface area contributed by atoms with Crippen LogP contribution in [-0.4, -0.2) is 35.5 Å². The molecular formula is C21H39NO2. The highest BCUT2D eigenvalue weighted by molar-refractivity contribution is 4.87. The first-order valence-electron chi connectivity index (χ1n) is 10.7. The summed E-state index contributed by atoms with van der Waals surface area (Å²) in [5.41, 5.74) is -0.425. The Morgan fingerprint density at radius 2 is 1.54 bits per heavy atom. The average Bonchev–Trinajstić information content (AvgIpc) is 2.63. The topological polar surface area (TPSA) is 52.5 Å². The minimum atomic E-state index is -0.425. The second-order valence-electron chi connectivity index (χ2n) is 9.09. The molecule has 0 spiro atoms. The second-order valence-corrected chi connectivity index (χ2v) is 9.09. The van der Waals surface area contributed by atoms with E-state index in [1.165, 1.54) is 70.6 Å². The largest absolute Gasteiger partial charge is 0.396 e. The zero-order valence-electron chi connectivity index (χ0n) is 15.5. The van der Waals surface area contributed by atoms with Gasteiger partial charge in [0.2, 0.25) is 0 Å². The van der Waals surface area contributed by atoms with Gasteiger partial charge >= 0.3 is 0 Å². The van der Waals surface area contributed by atoms with Gasteiger partial charge in [-0.1, -0.05) is 32.1 Å². The van der Waals surface area contributed by atoms with Gasteiger partial charge in [0.25, 0.3) is 0 Å². The van der Waals surface area contributed by atoms with Crippen LogP contribution in [0.1, 0.15) is 83.5 Å². The summed E-state index contributed by atoms with van der Waals surface area (Å²) >= 11 is 0. The average molecular weight is 338 g/mol. The van der Waals surface area contributed by atoms with E-state index in [1.54, 1.807) is 0 Å². The van der Waals surface area contributed by atoms with Crippen molar-refractivity contribution in [1.82, 2.24) is 5.32 Å². The van der Waals surface area contributed by atoms with Crippen molar-refractivity contribution < 1.29 is 10.2 Å². The van der Waals surface area contributed by atoms with E-state index in [2.05, 4.69) is 5.32 Å². The molecule has 0 bridgehead atoms. The molecule has 3 rings (SSSR count). The number of aliphatic hydroxyl groups is 2. The Bertz CT molecular complexity index is 359. The number of hydrogen-bond acceptors (Lipinski definition) is 3. The highest BCUT2D eigenvalue weighted by Crippen LogP contribution is 2.42. The number of nitrogens with one attached hydrogen (secondary N) is 1. The molecule has 0 aliphatic heterocycles. The molecule has 3 aliphatic carbocycles. The van der Waals surface area contributed by atoms with Crippen molar-refractivity contribution in [3.05, 3.63) is 0 Å². The Morgan fingerprint density at radius 3 is 2.25 bits per heavy atom. The molecule has 0 aromatic heterocycles. The van der Waals surface area contributed by atoms with Crippen molar-refractivity contribution >= 4 is 0 Å². The molecule has 3 aliphatic rings. The maximum absolute atomic E-state index is 10.6. The molecule has 140 valence electrons. The van der Waals surface area contributed by atoms with E-state index in [-0.39, 0.29) is 0 Å². The van der Waals surface area contributed by atoms with E-state index >= 15 is 0 Å². The SMILES string of the molecule is OCC1CCCCC1C1CCC(CNCC2(O)CCCCC2)CC1. The van der Waals surface area contributed by atoms with Gasteiger partial charge in [0.1, 0.15) is 0 Å². The van der Waals surface area contributed by atoms with Crippen LogP contribution in [0.5, 0.6) is 0 Å². The summed E-state index contributed by atoms with van der Waals surface area (Å²) in [5.74, 6) is 3.03. The van der Waals surface area contributed by atoms with Gasteiger partial charge in [0.05, 0.1) is 5.60 Å². The lowest BCUT2D eigenvalue weighted by atomic mass is 9.67. The van der Waals surface area contributed by atoms with Crippen molar-refractivity contribution in [1.29, 1.82) is 0 Å². The Labute approximate surface area is 148 Å². The summed E-state index contributed by atoms with van der Waals surface area (Å²) in [6.45, 7) is 2.29. The lowest BCUT2D eigenvalue weighted by Crippen LogP contribution is -2.44. The van der Waals surface area contributed by atoms with E-state index in [9.17, 15) is 10.2 Å². The smallest absolute Gasteiger partial charge is 0.0771 e. The molecule has 24 heavy (non-hydrogen) atoms. The zero-order valence-corrected chi connectivity index (χ0v) is 15.5. The predicted molar refractivity (Wildman–Crippen MR) is 98.9 cm³/mol. The lowest BCUT2D eigenvalue weighted by Gasteiger charge is -2.40. The van der Waals surface area contributed by atoms with Crippen LogP contribution in [0.25, 0.3) is 0 Å². The normalized spacial score (nSPS) is 37.2. The number of aliphatic hydroxyl groups excluding tert-OH is 1. The molecule has 0 heterocycles. The quantitative estimate of drug-likeness (QED) is 0.689. The maximum Gasteiger partial charge on any atom is 0.0771 e. The number of hydrogen-bond donors (Lipinski definition) is 3. The highest BCUT2D eigenvalue weighted by atomic mass is 16.3. The summed E-state index contributed by atoms with van der Waals surface area (Å²) < 4.78 is 0. The third-order valence-corrected chi connectivity index (χ3v) is 7.37. The fourth-order valence-corrected chi connectivity index (χ4v) is 5.80. The Balaban J connectivity index is 1.36. The van der Waals surface area contributed by atoms with E-state index in [4.69, 9.17) is 0 Å². The van der Waals surface area contributed by atoms with Crippen LogP contribution in [0.2, 0.25) is 0 Å². The molecule has 2 unspecified atom stereocenters. The van der Waals surface area contributed by atoms with E-state index in [0.717, 1.165) is 43.7 Å². The predicted octanol–water partition coefficient (Wildman–Crippen LogP) is 3.88. The van der Waals surface area contributed by atoms with Crippen molar-refractivity contribution in [3.8, 4) is 0 Å². The minimum absolute atomic E-state index is 0.407. The summed E-state index contributed by atoms with van der Waals surface area (Å²) in [7, 11) is 0. The van der Waals surface area contributed by atoms with Crippen molar-refractivity contribution in [3.63, 3.8) is 0 Å². The summed E-state index contributed by atoms with van der Waals surface area (Å²) in [6, 6.07) is 0. The van der Waals surface area contributed by atoms with Crippen LogP contribution < -0.4 is 5.32 Å². The van der Waals surface area contributed by atoms with Crippen molar-refractivity contribution in [2.24, 2.45) is 23.7 Å². The molecule has 3 fully saturated rings. The van der Waals surface area contributed by atoms with Crippen molar-refractivity contribution in [2.75, 3.05) is 19.7 Å². The van der Waals surface area contributed by atoms with Gasteiger partial charge in [-0.05, 0) is 81.6 Å². The van der Waals surface area contributed by atoms with E-state index < -0.39 is 5.60 Å². The van der Waals surface area contributed by atoms with Gasteiger partial charge in [0.15, 0.2) is 0 Å². The number of rotatable bonds is 6. The van der Waals surface area contributed by atoms with Gasteiger partial charge in [-0.2, -0.15) is 0 Å². The van der Waals surface area contributed by atoms with Crippen LogP contribution >= 0.6 is 0 Å². The van der Waals surface area contributed by atoms with Crippen molar-refractivity contribution in [2.45, 2.75) is 89.1 Å². The molecule has 3 N–H and O–H groups in total. The first kappa shape index (κ1) is 18.7. The third kappa shape index (κ3) is 4.95. The van der Waals surface area contributed by atoms with Gasteiger partial charge < -0.3 is 15.5 Å². The second kappa shape index (κ2) is 9.00. The molecule has 3 saturated carbocycles.